The molecule has 44 valence electrons. The van der Waals surface area contributed by atoms with Crippen molar-refractivity contribution in [2.45, 2.75) is 14.9 Å². The minimum absolute atomic E-state index is 0. The van der Waals surface area contributed by atoms with Crippen molar-refractivity contribution >= 4 is 0 Å². The van der Waals surface area contributed by atoms with Gasteiger partial charge in [-0.2, -0.15) is 0 Å². The molecule has 0 radical (unpaired) electrons. The molecule has 0 rings (SSSR count). The van der Waals surface area contributed by atoms with Gasteiger partial charge in [-0.25, -0.2) is 0 Å². The third-order valence-corrected chi connectivity index (χ3v) is 0. The highest BCUT2D eigenvalue weighted by Gasteiger charge is 0.928. The number of halogens is 2. The van der Waals surface area contributed by atoms with Crippen LogP contribution >= 0.6 is 0 Å². The van der Waals surface area contributed by atoms with E-state index in [0.717, 1.165) is 0 Å². The molecule has 0 amide bonds. The predicted molar refractivity (Wildman–Crippen MR) is 27.5 cm³/mol. The van der Waals surface area contributed by atoms with Gasteiger partial charge in [0.2, 0.25) is 0 Å². The molecule has 0 unspecified atom stereocenters. The molecule has 0 aliphatic rings. The first-order valence-electron chi connectivity index (χ1n) is 1.35. The van der Waals surface area contributed by atoms with Crippen molar-refractivity contribution in [1.82, 2.24) is 0 Å². The van der Waals surface area contributed by atoms with Gasteiger partial charge >= 0.3 is 0 Å². The van der Waals surface area contributed by atoms with Crippen LogP contribution in [0.15, 0.2) is 0 Å². The standard InChI is InChI=1S/2CH3F.2CH4/c2*1-2;;/h2*1H3;2*1H4/i1T;;;. The molecular formula is C4H14F2. The smallest absolute Gasteiger partial charge is 0.0785 e. The van der Waals surface area contributed by atoms with E-state index < -0.39 is 7.15 Å². The molecule has 0 aliphatic heterocycles. The van der Waals surface area contributed by atoms with E-state index >= 15 is 0 Å². The Morgan fingerprint density at radius 2 is 1.17 bits per heavy atom. The summed E-state index contributed by atoms with van der Waals surface area (Å²) in [6, 6.07) is 0. The Morgan fingerprint density at radius 3 is 1.17 bits per heavy atom. The lowest BCUT2D eigenvalue weighted by Crippen LogP contribution is -0.939. The average Bonchev–Trinajstić information content (AvgIpc) is 1.46. The van der Waals surface area contributed by atoms with Crippen molar-refractivity contribution in [3.8, 4) is 0 Å². The van der Waals surface area contributed by atoms with E-state index in [1.807, 2.05) is 0 Å². The molecule has 0 fully saturated rings. The van der Waals surface area contributed by atoms with Crippen LogP contribution in [0.2, 0.25) is 0 Å². The van der Waals surface area contributed by atoms with Crippen LogP contribution in [0.1, 0.15) is 16.2 Å². The summed E-state index contributed by atoms with van der Waals surface area (Å²) in [4.78, 5) is 0. The molecule has 2 heteroatoms. The third kappa shape index (κ3) is 1610. The predicted octanol–water partition coefficient (Wildman–Crippen LogP) is 2.44. The number of alkyl halides is 2. The lowest BCUT2D eigenvalue weighted by Gasteiger charge is -1.10. The largest absolute Gasteiger partial charge is 0.255 e. The summed E-state index contributed by atoms with van der Waals surface area (Å²) >= 11 is 0. The normalized spacial score (nSPS) is 4.17. The van der Waals surface area contributed by atoms with Gasteiger partial charge in [0.15, 0.2) is 0 Å². The van der Waals surface area contributed by atoms with Crippen LogP contribution in [0.4, 0.5) is 8.78 Å². The van der Waals surface area contributed by atoms with Crippen LogP contribution in [-0.4, -0.2) is 14.3 Å². The monoisotopic (exact) mass is 102 g/mol. The fraction of sp³-hybridized carbons (Fsp3) is 1.00. The SMILES string of the molecule is C.C.CF.[3H]CF. The van der Waals surface area contributed by atoms with Crippen LogP contribution in [-0.2, 0) is 0 Å². The Bertz CT molecular complexity index is 9.65. The van der Waals surface area contributed by atoms with Gasteiger partial charge in [0.1, 0.15) is 0 Å². The highest BCUT2D eigenvalue weighted by molar-refractivity contribution is 3.23. The fourth-order valence-corrected chi connectivity index (χ4v) is 0. The Hall–Kier alpha value is -0.140. The van der Waals surface area contributed by atoms with E-state index in [1.165, 1.54) is 0 Å². The summed E-state index contributed by atoms with van der Waals surface area (Å²) in [6.07, 6.45) is 0. The molecule has 0 bridgehead atoms. The molecule has 0 heterocycles. The first kappa shape index (κ1) is 16.9. The van der Waals surface area contributed by atoms with E-state index in [4.69, 9.17) is 1.37 Å². The summed E-state index contributed by atoms with van der Waals surface area (Å²) in [5.74, 6) is 0. The van der Waals surface area contributed by atoms with Crippen molar-refractivity contribution in [2.75, 3.05) is 14.3 Å². The minimum Gasteiger partial charge on any atom is -0.255 e. The Morgan fingerprint density at radius 1 is 1.17 bits per heavy atom. The van der Waals surface area contributed by atoms with Gasteiger partial charge in [-0.1, -0.05) is 14.9 Å². The highest BCUT2D eigenvalue weighted by Crippen LogP contribution is 1.16. The van der Waals surface area contributed by atoms with Crippen LogP contribution < -0.4 is 0 Å². The Balaban J connectivity index is -0.0000000105. The topological polar surface area (TPSA) is 0 Å². The zero-order valence-corrected chi connectivity index (χ0v) is 2.46. The molecule has 0 saturated heterocycles. The van der Waals surface area contributed by atoms with E-state index in [9.17, 15) is 8.78 Å². The zero-order valence-electron chi connectivity index (χ0n) is 3.46. The molecule has 0 spiro atoms. The van der Waals surface area contributed by atoms with E-state index in [-0.39, 0.29) is 14.9 Å². The summed E-state index contributed by atoms with van der Waals surface area (Å²) in [5.41, 5.74) is 0. The maximum atomic E-state index is 9.96. The Kier molecular flexibility index (Phi) is 10400. The molecule has 0 aromatic heterocycles. The van der Waals surface area contributed by atoms with E-state index in [0.29, 0.717) is 7.18 Å². The van der Waals surface area contributed by atoms with Crippen LogP contribution in [0, 0.1) is 0 Å². The number of hydrogen-bond acceptors (Lipinski definition) is 0. The third-order valence-electron chi connectivity index (χ3n) is 0. The van der Waals surface area contributed by atoms with Crippen molar-refractivity contribution in [3.05, 3.63) is 0 Å². The van der Waals surface area contributed by atoms with Gasteiger partial charge in [-0.15, -0.1) is 0 Å². The highest BCUT2D eigenvalue weighted by atomic mass is 19.1. The van der Waals surface area contributed by atoms with Crippen molar-refractivity contribution in [3.63, 3.8) is 0 Å². The van der Waals surface area contributed by atoms with Gasteiger partial charge < -0.3 is 0 Å². The van der Waals surface area contributed by atoms with E-state index in [1.54, 1.807) is 0 Å². The van der Waals surface area contributed by atoms with Gasteiger partial charge in [0.05, 0.1) is 15.7 Å². The summed E-state index contributed by atoms with van der Waals surface area (Å²) < 4.78 is 25.0. The second-order valence-corrected chi connectivity index (χ2v) is 0. The molecular weight excluding hydrogens is 86.0 g/mol. The molecule has 0 N–H and O–H groups in total. The van der Waals surface area contributed by atoms with Gasteiger partial charge in [0.25, 0.3) is 0 Å². The summed E-state index contributed by atoms with van der Waals surface area (Å²) in [5, 5.41) is 0. The average molecular weight is 102 g/mol. The molecule has 0 aliphatic carbocycles. The molecule has 6 heavy (non-hydrogen) atoms. The number of rotatable bonds is 0. The molecule has 0 atom stereocenters. The lowest BCUT2D eigenvalue weighted by molar-refractivity contribution is 0.635. The first-order valence-corrected chi connectivity index (χ1v) is 0.645. The molecule has 0 aromatic rings. The van der Waals surface area contributed by atoms with Crippen molar-refractivity contribution < 1.29 is 10.2 Å². The Labute approximate surface area is 40.6 Å². The maximum Gasteiger partial charge on any atom is 0.0785 e. The lowest BCUT2D eigenvalue weighted by atomic mass is 11.9. The zero-order chi connectivity index (χ0) is 4.71. The molecule has 0 saturated carbocycles. The summed E-state index contributed by atoms with van der Waals surface area (Å²) in [6.45, 7) is 0. The minimum atomic E-state index is -1.00. The fourth-order valence-electron chi connectivity index (χ4n) is 0. The maximum absolute atomic E-state index is 9.96. The number of hydrogen-bond donors (Lipinski definition) is 0. The molecule has 0 aromatic carbocycles. The molecule has 0 nitrogen and oxygen atoms in total. The quantitative estimate of drug-likeness (QED) is 0.440. The first-order chi connectivity index (χ1) is 2.41. The van der Waals surface area contributed by atoms with Gasteiger partial charge in [-0.3, -0.25) is 8.78 Å². The van der Waals surface area contributed by atoms with Crippen molar-refractivity contribution in [2.24, 2.45) is 0 Å². The van der Waals surface area contributed by atoms with Gasteiger partial charge in [-0.05, 0) is 0 Å². The second kappa shape index (κ2) is 3690. The summed E-state index contributed by atoms with van der Waals surface area (Å²) in [7, 11) is -0.500. The second-order valence-electron chi connectivity index (χ2n) is 0. The van der Waals surface area contributed by atoms with E-state index in [2.05, 4.69) is 0 Å². The van der Waals surface area contributed by atoms with Gasteiger partial charge in [0, 0.05) is 0 Å². The van der Waals surface area contributed by atoms with Crippen LogP contribution in [0.5, 0.6) is 0 Å². The van der Waals surface area contributed by atoms with Crippen LogP contribution in [0.25, 0.3) is 0 Å². The van der Waals surface area contributed by atoms with Crippen molar-refractivity contribution in [1.29, 1.82) is 0 Å². The van der Waals surface area contributed by atoms with Crippen LogP contribution in [0.3, 0.4) is 0 Å².